The van der Waals surface area contributed by atoms with E-state index in [1.165, 1.54) is 0 Å². The molecule has 2 aromatic carbocycles. The first-order valence-electron chi connectivity index (χ1n) is 8.41. The van der Waals surface area contributed by atoms with Gasteiger partial charge in [-0.1, -0.05) is 30.3 Å². The van der Waals surface area contributed by atoms with Crippen LogP contribution in [0.2, 0.25) is 0 Å². The van der Waals surface area contributed by atoms with Gasteiger partial charge in [0.2, 0.25) is 0 Å². The predicted octanol–water partition coefficient (Wildman–Crippen LogP) is 3.06. The molecule has 6 nitrogen and oxygen atoms in total. The molecular weight excluding hydrogens is 318 g/mol. The molecule has 1 atom stereocenters. The molecule has 0 spiro atoms. The first kappa shape index (κ1) is 17.4. The highest BCUT2D eigenvalue weighted by atomic mass is 16.6. The van der Waals surface area contributed by atoms with Gasteiger partial charge in [0.15, 0.2) is 0 Å². The summed E-state index contributed by atoms with van der Waals surface area (Å²) in [6.07, 6.45) is 0. The molecule has 0 saturated carbocycles. The molecule has 1 aliphatic rings. The number of ether oxygens (including phenoxy) is 1. The number of nitrogens with one attached hydrogen (secondary N) is 1. The highest BCUT2D eigenvalue weighted by molar-refractivity contribution is 5.42. The van der Waals surface area contributed by atoms with E-state index in [9.17, 15) is 10.1 Å². The molecule has 0 amide bonds. The SMILES string of the molecule is COc1ccccc1C1CNCCN1Cc1ccc(C)c([N+](=O)[O-])c1. The van der Waals surface area contributed by atoms with Crippen LogP contribution in [0.25, 0.3) is 0 Å². The minimum Gasteiger partial charge on any atom is -0.496 e. The lowest BCUT2D eigenvalue weighted by atomic mass is 10.0. The molecule has 1 fully saturated rings. The third kappa shape index (κ3) is 3.81. The number of hydrogen-bond acceptors (Lipinski definition) is 5. The summed E-state index contributed by atoms with van der Waals surface area (Å²) in [6, 6.07) is 13.7. The molecule has 1 saturated heterocycles. The van der Waals surface area contributed by atoms with Gasteiger partial charge in [-0.3, -0.25) is 15.0 Å². The Morgan fingerprint density at radius 3 is 2.88 bits per heavy atom. The van der Waals surface area contributed by atoms with E-state index >= 15 is 0 Å². The van der Waals surface area contributed by atoms with Crippen molar-refractivity contribution in [2.45, 2.75) is 19.5 Å². The number of nitro benzene ring substituents is 1. The number of piperazine rings is 1. The molecule has 0 radical (unpaired) electrons. The van der Waals surface area contributed by atoms with E-state index in [2.05, 4.69) is 16.3 Å². The van der Waals surface area contributed by atoms with E-state index < -0.39 is 0 Å². The van der Waals surface area contributed by atoms with Gasteiger partial charge >= 0.3 is 0 Å². The topological polar surface area (TPSA) is 67.6 Å². The van der Waals surface area contributed by atoms with E-state index in [0.29, 0.717) is 12.1 Å². The number of methoxy groups -OCH3 is 1. The molecule has 1 aliphatic heterocycles. The van der Waals surface area contributed by atoms with Crippen LogP contribution in [-0.2, 0) is 6.54 Å². The van der Waals surface area contributed by atoms with E-state index in [1.54, 1.807) is 20.1 Å². The number of para-hydroxylation sites is 1. The number of nitro groups is 1. The number of aryl methyl sites for hydroxylation is 1. The van der Waals surface area contributed by atoms with Crippen molar-refractivity contribution in [2.24, 2.45) is 0 Å². The molecule has 3 rings (SSSR count). The van der Waals surface area contributed by atoms with Crippen LogP contribution in [-0.4, -0.2) is 36.6 Å². The Morgan fingerprint density at radius 2 is 2.12 bits per heavy atom. The van der Waals surface area contributed by atoms with Gasteiger partial charge < -0.3 is 10.1 Å². The van der Waals surface area contributed by atoms with Crippen LogP contribution in [0.1, 0.15) is 22.7 Å². The number of benzene rings is 2. The van der Waals surface area contributed by atoms with Crippen molar-refractivity contribution < 1.29 is 9.66 Å². The maximum atomic E-state index is 11.2. The molecule has 132 valence electrons. The predicted molar refractivity (Wildman–Crippen MR) is 96.8 cm³/mol. The van der Waals surface area contributed by atoms with Gasteiger partial charge in [0.25, 0.3) is 5.69 Å². The molecule has 0 bridgehead atoms. The van der Waals surface area contributed by atoms with E-state index in [4.69, 9.17) is 4.74 Å². The lowest BCUT2D eigenvalue weighted by Crippen LogP contribution is -2.45. The normalized spacial score (nSPS) is 18.1. The van der Waals surface area contributed by atoms with E-state index in [0.717, 1.165) is 36.5 Å². The Hall–Kier alpha value is -2.44. The average Bonchev–Trinajstić information content (AvgIpc) is 2.63. The van der Waals surface area contributed by atoms with Crippen LogP contribution in [0.5, 0.6) is 5.75 Å². The Bertz CT molecular complexity index is 763. The van der Waals surface area contributed by atoms with Crippen LogP contribution < -0.4 is 10.1 Å². The molecule has 1 heterocycles. The summed E-state index contributed by atoms with van der Waals surface area (Å²) in [5, 5.41) is 14.6. The summed E-state index contributed by atoms with van der Waals surface area (Å²) in [5.74, 6) is 0.871. The van der Waals surface area contributed by atoms with Crippen molar-refractivity contribution in [2.75, 3.05) is 26.7 Å². The van der Waals surface area contributed by atoms with Gasteiger partial charge in [-0.25, -0.2) is 0 Å². The van der Waals surface area contributed by atoms with Gasteiger partial charge in [-0.2, -0.15) is 0 Å². The summed E-state index contributed by atoms with van der Waals surface area (Å²) < 4.78 is 5.52. The quantitative estimate of drug-likeness (QED) is 0.669. The van der Waals surface area contributed by atoms with Crippen LogP contribution >= 0.6 is 0 Å². The molecule has 1 unspecified atom stereocenters. The van der Waals surface area contributed by atoms with Gasteiger partial charge in [0, 0.05) is 43.4 Å². The van der Waals surface area contributed by atoms with Crippen LogP contribution in [0.15, 0.2) is 42.5 Å². The van der Waals surface area contributed by atoms with Crippen molar-refractivity contribution in [3.63, 3.8) is 0 Å². The second kappa shape index (κ2) is 7.63. The molecular formula is C19H23N3O3. The summed E-state index contributed by atoms with van der Waals surface area (Å²) in [7, 11) is 1.68. The Kier molecular flexibility index (Phi) is 5.31. The van der Waals surface area contributed by atoms with Crippen molar-refractivity contribution in [3.05, 3.63) is 69.3 Å². The fraction of sp³-hybridized carbons (Fsp3) is 0.368. The molecule has 25 heavy (non-hydrogen) atoms. The lowest BCUT2D eigenvalue weighted by Gasteiger charge is -2.37. The largest absolute Gasteiger partial charge is 0.496 e. The second-order valence-corrected chi connectivity index (χ2v) is 6.31. The number of rotatable bonds is 5. The van der Waals surface area contributed by atoms with Crippen LogP contribution in [0, 0.1) is 17.0 Å². The first-order chi connectivity index (χ1) is 12.1. The third-order valence-electron chi connectivity index (χ3n) is 4.71. The fourth-order valence-electron chi connectivity index (χ4n) is 3.37. The minimum atomic E-state index is -0.311. The Morgan fingerprint density at radius 1 is 1.32 bits per heavy atom. The maximum Gasteiger partial charge on any atom is 0.272 e. The maximum absolute atomic E-state index is 11.2. The lowest BCUT2D eigenvalue weighted by molar-refractivity contribution is -0.385. The third-order valence-corrected chi connectivity index (χ3v) is 4.71. The van der Waals surface area contributed by atoms with Crippen molar-refractivity contribution in [1.82, 2.24) is 10.2 Å². The highest BCUT2D eigenvalue weighted by Crippen LogP contribution is 2.31. The summed E-state index contributed by atoms with van der Waals surface area (Å²) in [4.78, 5) is 13.2. The fourth-order valence-corrected chi connectivity index (χ4v) is 3.37. The van der Waals surface area contributed by atoms with Crippen molar-refractivity contribution in [1.29, 1.82) is 0 Å². The second-order valence-electron chi connectivity index (χ2n) is 6.31. The smallest absolute Gasteiger partial charge is 0.272 e. The zero-order valence-electron chi connectivity index (χ0n) is 14.6. The Balaban J connectivity index is 1.87. The monoisotopic (exact) mass is 341 g/mol. The van der Waals surface area contributed by atoms with E-state index in [-0.39, 0.29) is 16.7 Å². The van der Waals surface area contributed by atoms with Crippen molar-refractivity contribution >= 4 is 5.69 Å². The summed E-state index contributed by atoms with van der Waals surface area (Å²) in [6.45, 7) is 5.05. The van der Waals surface area contributed by atoms with E-state index in [1.807, 2.05) is 30.3 Å². The zero-order valence-corrected chi connectivity index (χ0v) is 14.6. The molecule has 0 aromatic heterocycles. The molecule has 2 aromatic rings. The average molecular weight is 341 g/mol. The van der Waals surface area contributed by atoms with Crippen molar-refractivity contribution in [3.8, 4) is 5.75 Å². The highest BCUT2D eigenvalue weighted by Gasteiger charge is 2.26. The van der Waals surface area contributed by atoms with Gasteiger partial charge in [0.05, 0.1) is 18.1 Å². The van der Waals surface area contributed by atoms with Crippen LogP contribution in [0.4, 0.5) is 5.69 Å². The molecule has 0 aliphatic carbocycles. The number of hydrogen-bond donors (Lipinski definition) is 1. The van der Waals surface area contributed by atoms with Gasteiger partial charge in [0.1, 0.15) is 5.75 Å². The zero-order chi connectivity index (χ0) is 17.8. The van der Waals surface area contributed by atoms with Crippen LogP contribution in [0.3, 0.4) is 0 Å². The molecule has 6 heteroatoms. The number of nitrogens with zero attached hydrogens (tertiary/aromatic N) is 2. The Labute approximate surface area is 147 Å². The van der Waals surface area contributed by atoms with Gasteiger partial charge in [-0.15, -0.1) is 0 Å². The summed E-state index contributed by atoms with van der Waals surface area (Å²) >= 11 is 0. The van der Waals surface area contributed by atoms with Gasteiger partial charge in [-0.05, 0) is 18.6 Å². The summed E-state index contributed by atoms with van der Waals surface area (Å²) in [5.41, 5.74) is 2.97. The standard InChI is InChI=1S/C19H23N3O3/c1-14-7-8-15(11-17(14)22(23)24)13-21-10-9-20-12-18(21)16-5-3-4-6-19(16)25-2/h3-8,11,18,20H,9-10,12-13H2,1-2H3. The molecule has 1 N–H and O–H groups in total. The minimum absolute atomic E-state index is 0.172. The first-order valence-corrected chi connectivity index (χ1v) is 8.41.